The number of benzene rings is 3. The van der Waals surface area contributed by atoms with E-state index in [1.807, 2.05) is 36.4 Å². The van der Waals surface area contributed by atoms with Crippen molar-refractivity contribution in [3.05, 3.63) is 95.6 Å². The highest BCUT2D eigenvalue weighted by molar-refractivity contribution is 6.17. The van der Waals surface area contributed by atoms with Gasteiger partial charge in [0.05, 0.1) is 11.4 Å². The average molecular weight is 298 g/mol. The highest BCUT2D eigenvalue weighted by Gasteiger charge is 2.18. The zero-order valence-electron chi connectivity index (χ0n) is 12.9. The first-order valence-electron chi connectivity index (χ1n) is 7.97. The van der Waals surface area contributed by atoms with Crippen molar-refractivity contribution in [2.75, 3.05) is 11.9 Å². The predicted molar refractivity (Wildman–Crippen MR) is 96.8 cm³/mol. The number of anilines is 1. The van der Waals surface area contributed by atoms with Crippen molar-refractivity contribution in [2.24, 2.45) is 4.99 Å². The molecule has 3 aromatic carbocycles. The van der Waals surface area contributed by atoms with Gasteiger partial charge in [0.2, 0.25) is 0 Å². The quantitative estimate of drug-likeness (QED) is 0.689. The Morgan fingerprint density at radius 1 is 0.783 bits per heavy atom. The maximum Gasteiger partial charge on any atom is 0.0802 e. The van der Waals surface area contributed by atoms with Gasteiger partial charge in [0, 0.05) is 23.4 Å². The second-order valence-corrected chi connectivity index (χ2v) is 5.68. The molecule has 0 fully saturated rings. The molecule has 0 aromatic heterocycles. The van der Waals surface area contributed by atoms with Crippen molar-refractivity contribution in [1.29, 1.82) is 0 Å². The maximum atomic E-state index is 4.95. The van der Waals surface area contributed by atoms with Crippen molar-refractivity contribution in [3.63, 3.8) is 0 Å². The smallest absolute Gasteiger partial charge is 0.0802 e. The van der Waals surface area contributed by atoms with Gasteiger partial charge >= 0.3 is 0 Å². The molecule has 1 heterocycles. The normalized spacial score (nSPS) is 13.5. The summed E-state index contributed by atoms with van der Waals surface area (Å²) in [6.07, 6.45) is 1.08. The Bertz CT molecular complexity index is 836. The van der Waals surface area contributed by atoms with Gasteiger partial charge in [-0.05, 0) is 24.1 Å². The van der Waals surface area contributed by atoms with Crippen LogP contribution in [0.25, 0.3) is 0 Å². The summed E-state index contributed by atoms with van der Waals surface area (Å²) in [5.74, 6) is 0. The van der Waals surface area contributed by atoms with Crippen LogP contribution in [-0.2, 0) is 6.42 Å². The summed E-state index contributed by atoms with van der Waals surface area (Å²) in [6, 6.07) is 27.0. The molecule has 23 heavy (non-hydrogen) atoms. The van der Waals surface area contributed by atoms with E-state index >= 15 is 0 Å². The van der Waals surface area contributed by atoms with Gasteiger partial charge in [-0.1, -0.05) is 66.7 Å². The standard InChI is InChI=1S/C21H18N2/c1-3-8-16(9-4-1)21(23-18-11-5-2-6-12-18)19-13-7-10-17-14-15-22-20(17)19/h1-13,22H,14-15H2. The van der Waals surface area contributed by atoms with E-state index in [0.717, 1.165) is 29.9 Å². The van der Waals surface area contributed by atoms with E-state index in [-0.39, 0.29) is 0 Å². The average Bonchev–Trinajstić information content (AvgIpc) is 3.10. The van der Waals surface area contributed by atoms with E-state index in [9.17, 15) is 0 Å². The number of hydrogen-bond donors (Lipinski definition) is 1. The Morgan fingerprint density at radius 3 is 2.30 bits per heavy atom. The molecule has 0 unspecified atom stereocenters. The van der Waals surface area contributed by atoms with Gasteiger partial charge in [-0.2, -0.15) is 0 Å². The molecule has 112 valence electrons. The fourth-order valence-corrected chi connectivity index (χ4v) is 3.04. The Balaban J connectivity index is 1.91. The Hall–Kier alpha value is -2.87. The molecule has 4 rings (SSSR count). The third kappa shape index (κ3) is 2.76. The van der Waals surface area contributed by atoms with E-state index in [0.29, 0.717) is 0 Å². The molecule has 0 aliphatic carbocycles. The number of hydrogen-bond acceptors (Lipinski definition) is 2. The minimum absolute atomic E-state index is 0.974. The molecule has 1 N–H and O–H groups in total. The first-order chi connectivity index (χ1) is 11.4. The molecule has 0 bridgehead atoms. The second-order valence-electron chi connectivity index (χ2n) is 5.68. The molecule has 0 saturated carbocycles. The molecule has 0 saturated heterocycles. The van der Waals surface area contributed by atoms with Crippen LogP contribution in [0.2, 0.25) is 0 Å². The molecule has 2 nitrogen and oxygen atoms in total. The fraction of sp³-hybridized carbons (Fsp3) is 0.0952. The largest absolute Gasteiger partial charge is 0.384 e. The van der Waals surface area contributed by atoms with Gasteiger partial charge < -0.3 is 5.32 Å². The van der Waals surface area contributed by atoms with Crippen LogP contribution >= 0.6 is 0 Å². The molecule has 1 aliphatic rings. The SMILES string of the molecule is c1ccc(N=C(c2ccccc2)c2cccc3c2NCC3)cc1. The van der Waals surface area contributed by atoms with Crippen molar-refractivity contribution < 1.29 is 0 Å². The van der Waals surface area contributed by atoms with E-state index < -0.39 is 0 Å². The molecular formula is C21H18N2. The van der Waals surface area contributed by atoms with Crippen molar-refractivity contribution in [3.8, 4) is 0 Å². The summed E-state index contributed by atoms with van der Waals surface area (Å²) >= 11 is 0. The van der Waals surface area contributed by atoms with Crippen molar-refractivity contribution >= 4 is 17.1 Å². The summed E-state index contributed by atoms with van der Waals surface area (Å²) in [5.41, 5.74) is 6.91. The Kier molecular flexibility index (Phi) is 3.65. The minimum Gasteiger partial charge on any atom is -0.384 e. The van der Waals surface area contributed by atoms with E-state index in [1.54, 1.807) is 0 Å². The van der Waals surface area contributed by atoms with Gasteiger partial charge in [-0.25, -0.2) is 4.99 Å². The predicted octanol–water partition coefficient (Wildman–Crippen LogP) is 4.82. The molecular weight excluding hydrogens is 280 g/mol. The number of nitrogens with zero attached hydrogens (tertiary/aromatic N) is 1. The molecule has 0 atom stereocenters. The lowest BCUT2D eigenvalue weighted by molar-refractivity contribution is 1.11. The molecule has 2 heteroatoms. The van der Waals surface area contributed by atoms with Crippen molar-refractivity contribution in [2.45, 2.75) is 6.42 Å². The lowest BCUT2D eigenvalue weighted by Crippen LogP contribution is -2.06. The number of nitrogens with one attached hydrogen (secondary N) is 1. The van der Waals surface area contributed by atoms with Crippen LogP contribution in [0.15, 0.2) is 83.9 Å². The monoisotopic (exact) mass is 298 g/mol. The number of rotatable bonds is 3. The maximum absolute atomic E-state index is 4.95. The third-order valence-electron chi connectivity index (χ3n) is 4.15. The zero-order chi connectivity index (χ0) is 15.5. The van der Waals surface area contributed by atoms with Crippen LogP contribution in [0.1, 0.15) is 16.7 Å². The minimum atomic E-state index is 0.974. The third-order valence-corrected chi connectivity index (χ3v) is 4.15. The highest BCUT2D eigenvalue weighted by Crippen LogP contribution is 2.30. The summed E-state index contributed by atoms with van der Waals surface area (Å²) in [7, 11) is 0. The van der Waals surface area contributed by atoms with E-state index in [1.165, 1.54) is 16.8 Å². The van der Waals surface area contributed by atoms with Crippen LogP contribution in [-0.4, -0.2) is 12.3 Å². The van der Waals surface area contributed by atoms with Gasteiger partial charge in [0.1, 0.15) is 0 Å². The summed E-state index contributed by atoms with van der Waals surface area (Å²) in [4.78, 5) is 4.95. The number of para-hydroxylation sites is 2. The lowest BCUT2D eigenvalue weighted by Gasteiger charge is -2.12. The van der Waals surface area contributed by atoms with Crippen LogP contribution in [0, 0.1) is 0 Å². The van der Waals surface area contributed by atoms with Crippen LogP contribution in [0.3, 0.4) is 0 Å². The van der Waals surface area contributed by atoms with Gasteiger partial charge in [-0.15, -0.1) is 0 Å². The van der Waals surface area contributed by atoms with Crippen molar-refractivity contribution in [1.82, 2.24) is 0 Å². The fourth-order valence-electron chi connectivity index (χ4n) is 3.04. The topological polar surface area (TPSA) is 24.4 Å². The van der Waals surface area contributed by atoms with Gasteiger partial charge in [-0.3, -0.25) is 0 Å². The Morgan fingerprint density at radius 2 is 1.52 bits per heavy atom. The number of aliphatic imine (C=N–C) groups is 1. The second kappa shape index (κ2) is 6.09. The van der Waals surface area contributed by atoms with E-state index in [2.05, 4.69) is 47.8 Å². The molecule has 0 spiro atoms. The summed E-state index contributed by atoms with van der Waals surface area (Å²) in [6.45, 7) is 1.000. The zero-order valence-corrected chi connectivity index (χ0v) is 12.9. The molecule has 3 aromatic rings. The highest BCUT2D eigenvalue weighted by atomic mass is 14.9. The molecule has 0 amide bonds. The van der Waals surface area contributed by atoms with Crippen LogP contribution in [0.5, 0.6) is 0 Å². The van der Waals surface area contributed by atoms with E-state index in [4.69, 9.17) is 4.99 Å². The van der Waals surface area contributed by atoms with Crippen LogP contribution < -0.4 is 5.32 Å². The first kappa shape index (κ1) is 13.8. The van der Waals surface area contributed by atoms with Crippen LogP contribution in [0.4, 0.5) is 11.4 Å². The Labute approximate surface area is 136 Å². The number of fused-ring (bicyclic) bond motifs is 1. The molecule has 0 radical (unpaired) electrons. The summed E-state index contributed by atoms with van der Waals surface area (Å²) < 4.78 is 0. The van der Waals surface area contributed by atoms with Gasteiger partial charge in [0.15, 0.2) is 0 Å². The lowest BCUT2D eigenvalue weighted by atomic mass is 9.98. The van der Waals surface area contributed by atoms with Gasteiger partial charge in [0.25, 0.3) is 0 Å². The summed E-state index contributed by atoms with van der Waals surface area (Å²) in [5, 5.41) is 3.52. The first-order valence-corrected chi connectivity index (χ1v) is 7.97. The molecule has 1 aliphatic heterocycles.